The Morgan fingerprint density at radius 1 is 1.14 bits per heavy atom. The average Bonchev–Trinajstić information content (AvgIpc) is 2.69. The Kier molecular flexibility index (Phi) is 8.88. The number of nitrogens with zero attached hydrogens (tertiary/aromatic N) is 3. The highest BCUT2D eigenvalue weighted by molar-refractivity contribution is 5.91. The number of ether oxygens (including phenoxy) is 2. The maximum atomic E-state index is 12.2. The predicted octanol–water partition coefficient (Wildman–Crippen LogP) is 3.79. The van der Waals surface area contributed by atoms with Crippen molar-refractivity contribution in [3.8, 4) is 11.6 Å². The zero-order valence-corrected chi connectivity index (χ0v) is 17.2. The smallest absolute Gasteiger partial charge is 0.305 e. The fraction of sp³-hybridized carbons (Fsp3) is 0.429. The lowest BCUT2D eigenvalue weighted by Gasteiger charge is -2.14. The van der Waals surface area contributed by atoms with Gasteiger partial charge < -0.3 is 19.7 Å². The Balaban J connectivity index is 1.86. The lowest BCUT2D eigenvalue weighted by atomic mass is 10.1. The van der Waals surface area contributed by atoms with Gasteiger partial charge in [-0.1, -0.05) is 12.5 Å². The molecule has 2 rings (SSSR count). The molecule has 1 aromatic heterocycles. The molecule has 0 radical (unpaired) electrons. The predicted molar refractivity (Wildman–Crippen MR) is 111 cm³/mol. The minimum absolute atomic E-state index is 0.150. The molecule has 0 aliphatic carbocycles. The lowest BCUT2D eigenvalue weighted by Crippen LogP contribution is -2.13. The number of nitrogens with one attached hydrogen (secondary N) is 1. The van der Waals surface area contributed by atoms with E-state index in [1.165, 1.54) is 12.5 Å². The molecule has 0 bridgehead atoms. The van der Waals surface area contributed by atoms with E-state index in [-0.39, 0.29) is 17.8 Å². The number of aromatic nitrogens is 2. The van der Waals surface area contributed by atoms with Crippen molar-refractivity contribution in [3.63, 3.8) is 0 Å². The summed E-state index contributed by atoms with van der Waals surface area (Å²) in [6, 6.07) is 7.57. The van der Waals surface area contributed by atoms with Crippen LogP contribution in [-0.2, 0) is 14.3 Å². The van der Waals surface area contributed by atoms with Gasteiger partial charge in [0.15, 0.2) is 0 Å². The van der Waals surface area contributed by atoms with Gasteiger partial charge >= 0.3 is 5.97 Å². The summed E-state index contributed by atoms with van der Waals surface area (Å²) >= 11 is 0. The van der Waals surface area contributed by atoms with Gasteiger partial charge in [0.25, 0.3) is 0 Å². The molecule has 2 aromatic rings. The summed E-state index contributed by atoms with van der Waals surface area (Å²) in [6.07, 6.45) is 5.77. The molecule has 29 heavy (non-hydrogen) atoms. The number of rotatable bonds is 11. The molecule has 156 valence electrons. The highest BCUT2D eigenvalue weighted by Crippen LogP contribution is 2.28. The largest absolute Gasteiger partial charge is 0.466 e. The van der Waals surface area contributed by atoms with Crippen LogP contribution in [0, 0.1) is 0 Å². The van der Waals surface area contributed by atoms with Gasteiger partial charge in [-0.3, -0.25) is 9.59 Å². The lowest BCUT2D eigenvalue weighted by molar-refractivity contribution is -0.143. The van der Waals surface area contributed by atoms with Crippen LogP contribution >= 0.6 is 0 Å². The maximum Gasteiger partial charge on any atom is 0.305 e. The first-order valence-corrected chi connectivity index (χ1v) is 9.70. The third-order valence-electron chi connectivity index (χ3n) is 4.09. The van der Waals surface area contributed by atoms with E-state index >= 15 is 0 Å². The maximum absolute atomic E-state index is 12.2. The van der Waals surface area contributed by atoms with Gasteiger partial charge in [-0.05, 0) is 31.9 Å². The van der Waals surface area contributed by atoms with Crippen molar-refractivity contribution >= 4 is 23.3 Å². The molecule has 0 unspecified atom stereocenters. The van der Waals surface area contributed by atoms with Crippen molar-refractivity contribution in [2.75, 3.05) is 30.9 Å². The van der Waals surface area contributed by atoms with Gasteiger partial charge in [-0.25, -0.2) is 4.98 Å². The summed E-state index contributed by atoms with van der Waals surface area (Å²) in [4.78, 5) is 33.6. The molecule has 0 spiro atoms. The van der Waals surface area contributed by atoms with Crippen molar-refractivity contribution in [1.82, 2.24) is 9.97 Å². The molecule has 1 heterocycles. The first kappa shape index (κ1) is 22.1. The van der Waals surface area contributed by atoms with Gasteiger partial charge in [0.05, 0.1) is 12.8 Å². The second-order valence-corrected chi connectivity index (χ2v) is 6.65. The Hall–Kier alpha value is -3.16. The number of benzene rings is 1. The first-order chi connectivity index (χ1) is 14.0. The highest BCUT2D eigenvalue weighted by Gasteiger charge is 2.11. The van der Waals surface area contributed by atoms with Crippen LogP contribution in [0.4, 0.5) is 11.4 Å². The number of hydrogen-bond acceptors (Lipinski definition) is 7. The fourth-order valence-corrected chi connectivity index (χ4v) is 2.60. The summed E-state index contributed by atoms with van der Waals surface area (Å²) in [5, 5.41) is 2.80. The van der Waals surface area contributed by atoms with E-state index in [0.29, 0.717) is 43.7 Å². The Labute approximate surface area is 171 Å². The number of hydrogen-bond donors (Lipinski definition) is 1. The van der Waals surface area contributed by atoms with Gasteiger partial charge in [0, 0.05) is 38.7 Å². The van der Waals surface area contributed by atoms with Gasteiger partial charge in [-0.2, -0.15) is 4.98 Å². The number of anilines is 2. The number of carbonyl (C=O) groups excluding carboxylic acids is 2. The van der Waals surface area contributed by atoms with E-state index in [0.717, 1.165) is 12.1 Å². The summed E-state index contributed by atoms with van der Waals surface area (Å²) < 4.78 is 10.7. The van der Waals surface area contributed by atoms with Crippen LogP contribution in [-0.4, -0.2) is 42.5 Å². The van der Waals surface area contributed by atoms with Crippen molar-refractivity contribution in [3.05, 3.63) is 36.8 Å². The zero-order chi connectivity index (χ0) is 21.1. The molecule has 1 N–H and O–H groups in total. The van der Waals surface area contributed by atoms with E-state index in [4.69, 9.17) is 9.47 Å². The molecule has 1 aromatic carbocycles. The zero-order valence-electron chi connectivity index (χ0n) is 17.2. The molecule has 0 fully saturated rings. The van der Waals surface area contributed by atoms with Crippen LogP contribution in [0.15, 0.2) is 36.8 Å². The van der Waals surface area contributed by atoms with Crippen LogP contribution in [0.1, 0.15) is 39.0 Å². The minimum atomic E-state index is -0.196. The van der Waals surface area contributed by atoms with Gasteiger partial charge in [0.1, 0.15) is 17.8 Å². The second kappa shape index (κ2) is 11.6. The van der Waals surface area contributed by atoms with Gasteiger partial charge in [-0.15, -0.1) is 0 Å². The number of unbranched alkanes of at least 4 members (excludes halogenated alkanes) is 2. The molecule has 8 heteroatoms. The molecule has 0 saturated heterocycles. The molecule has 1 amide bonds. The van der Waals surface area contributed by atoms with E-state index < -0.39 is 0 Å². The van der Waals surface area contributed by atoms with Crippen molar-refractivity contribution in [2.24, 2.45) is 0 Å². The normalized spacial score (nSPS) is 10.3. The molecule has 8 nitrogen and oxygen atoms in total. The van der Waals surface area contributed by atoms with E-state index in [1.54, 1.807) is 6.92 Å². The first-order valence-electron chi connectivity index (χ1n) is 9.70. The summed E-state index contributed by atoms with van der Waals surface area (Å²) in [7, 11) is 3.89. The Morgan fingerprint density at radius 2 is 1.93 bits per heavy atom. The van der Waals surface area contributed by atoms with Crippen LogP contribution in [0.25, 0.3) is 0 Å². The van der Waals surface area contributed by atoms with E-state index in [2.05, 4.69) is 15.3 Å². The number of carbonyl (C=O) groups is 2. The minimum Gasteiger partial charge on any atom is -0.466 e. The molecular formula is C21H28N4O4. The summed E-state index contributed by atoms with van der Waals surface area (Å²) in [6.45, 7) is 2.18. The number of amides is 1. The van der Waals surface area contributed by atoms with Crippen LogP contribution in [0.2, 0.25) is 0 Å². The monoisotopic (exact) mass is 400 g/mol. The van der Waals surface area contributed by atoms with Crippen LogP contribution in [0.3, 0.4) is 0 Å². The fourth-order valence-electron chi connectivity index (χ4n) is 2.60. The van der Waals surface area contributed by atoms with Gasteiger partial charge in [0.2, 0.25) is 11.8 Å². The quantitative estimate of drug-likeness (QED) is 0.453. The van der Waals surface area contributed by atoms with Crippen molar-refractivity contribution in [1.29, 1.82) is 0 Å². The van der Waals surface area contributed by atoms with Crippen LogP contribution < -0.4 is 15.0 Å². The molecular weight excluding hydrogens is 372 g/mol. The molecule has 0 atom stereocenters. The topological polar surface area (TPSA) is 93.7 Å². The third kappa shape index (κ3) is 7.77. The molecule has 0 aliphatic rings. The third-order valence-corrected chi connectivity index (χ3v) is 4.09. The Morgan fingerprint density at radius 3 is 2.69 bits per heavy atom. The SMILES string of the molecule is CCOC(=O)CCCCCC(=O)Nc1cncnc1Oc1cccc(N(C)C)c1. The van der Waals surface area contributed by atoms with Crippen molar-refractivity contribution in [2.45, 2.75) is 39.0 Å². The summed E-state index contributed by atoms with van der Waals surface area (Å²) in [5.41, 5.74) is 1.41. The van der Waals surface area contributed by atoms with E-state index in [1.807, 2.05) is 43.3 Å². The average molecular weight is 400 g/mol. The van der Waals surface area contributed by atoms with Crippen LogP contribution in [0.5, 0.6) is 11.6 Å². The van der Waals surface area contributed by atoms with Crippen molar-refractivity contribution < 1.29 is 19.1 Å². The van der Waals surface area contributed by atoms with E-state index in [9.17, 15) is 9.59 Å². The Bertz CT molecular complexity index is 811. The molecule has 0 saturated carbocycles. The molecule has 0 aliphatic heterocycles. The highest BCUT2D eigenvalue weighted by atomic mass is 16.5. The standard InChI is InChI=1S/C21H28N4O4/c1-4-28-20(27)12-7-5-6-11-19(26)24-18-14-22-15-23-21(18)29-17-10-8-9-16(13-17)25(2)3/h8-10,13-15H,4-7,11-12H2,1-3H3,(H,24,26). The second-order valence-electron chi connectivity index (χ2n) is 6.65. The number of esters is 1. The summed E-state index contributed by atoms with van der Waals surface area (Å²) in [5.74, 6) is 0.553.